The monoisotopic (exact) mass is 489 g/mol. The molecule has 0 bridgehead atoms. The molecule has 3 aromatic carbocycles. The number of ether oxygens (including phenoxy) is 3. The number of hydrogen-bond donors (Lipinski definition) is 2. The molecule has 0 unspecified atom stereocenters. The van der Waals surface area contributed by atoms with Crippen LogP contribution in [0.15, 0.2) is 78.2 Å². The number of carbonyl (C=O) groups is 2. The molecule has 0 saturated heterocycles. The standard InChI is InChI=1S/C26H23N3O5S/c1-32-22-13-8-17(14-23(22)33-2)25(31)29-26-28-19(16-35-26)15-24(30)27-18-9-11-21(12-10-18)34-20-6-4-3-5-7-20/h3-14,16H,15H2,1-2H3,(H,27,30)(H,28,29,31). The number of methoxy groups -OCH3 is 2. The maximum atomic E-state index is 12.6. The number of para-hydroxylation sites is 1. The van der Waals surface area contributed by atoms with Gasteiger partial charge >= 0.3 is 0 Å². The van der Waals surface area contributed by atoms with E-state index in [4.69, 9.17) is 14.2 Å². The molecule has 35 heavy (non-hydrogen) atoms. The molecule has 8 nitrogen and oxygen atoms in total. The number of rotatable bonds is 9. The van der Waals surface area contributed by atoms with Gasteiger partial charge in [0.05, 0.1) is 26.3 Å². The molecule has 0 atom stereocenters. The number of nitrogens with zero attached hydrogens (tertiary/aromatic N) is 1. The smallest absolute Gasteiger partial charge is 0.257 e. The van der Waals surface area contributed by atoms with Gasteiger partial charge in [0.25, 0.3) is 5.91 Å². The van der Waals surface area contributed by atoms with Crippen molar-refractivity contribution in [2.75, 3.05) is 24.9 Å². The number of aromatic nitrogens is 1. The van der Waals surface area contributed by atoms with Crippen LogP contribution in [0.2, 0.25) is 0 Å². The Labute approximate surface area is 206 Å². The first-order valence-electron chi connectivity index (χ1n) is 10.6. The van der Waals surface area contributed by atoms with Crippen molar-refractivity contribution in [2.24, 2.45) is 0 Å². The minimum atomic E-state index is -0.339. The molecule has 1 heterocycles. The average Bonchev–Trinajstić information content (AvgIpc) is 3.31. The molecule has 0 spiro atoms. The van der Waals surface area contributed by atoms with Crippen LogP contribution in [-0.2, 0) is 11.2 Å². The number of hydrogen-bond acceptors (Lipinski definition) is 7. The molecule has 9 heteroatoms. The first-order chi connectivity index (χ1) is 17.0. The van der Waals surface area contributed by atoms with E-state index in [0.717, 1.165) is 5.75 Å². The van der Waals surface area contributed by atoms with Crippen LogP contribution < -0.4 is 24.8 Å². The molecule has 0 aliphatic heterocycles. The first kappa shape index (κ1) is 23.8. The lowest BCUT2D eigenvalue weighted by Crippen LogP contribution is -2.15. The van der Waals surface area contributed by atoms with Crippen LogP contribution in [0.3, 0.4) is 0 Å². The third-order valence-electron chi connectivity index (χ3n) is 4.88. The lowest BCUT2D eigenvalue weighted by molar-refractivity contribution is -0.115. The second-order valence-corrected chi connectivity index (χ2v) is 8.19. The highest BCUT2D eigenvalue weighted by Crippen LogP contribution is 2.28. The van der Waals surface area contributed by atoms with Gasteiger partial charge in [-0.25, -0.2) is 4.98 Å². The Balaban J connectivity index is 1.30. The third kappa shape index (κ3) is 6.36. The van der Waals surface area contributed by atoms with Crippen molar-refractivity contribution in [1.29, 1.82) is 0 Å². The molecule has 2 N–H and O–H groups in total. The highest BCUT2D eigenvalue weighted by Gasteiger charge is 2.14. The lowest BCUT2D eigenvalue weighted by Gasteiger charge is -2.09. The van der Waals surface area contributed by atoms with Gasteiger partial charge in [-0.15, -0.1) is 11.3 Å². The second kappa shape index (κ2) is 11.2. The van der Waals surface area contributed by atoms with E-state index in [-0.39, 0.29) is 18.2 Å². The maximum Gasteiger partial charge on any atom is 0.257 e. The van der Waals surface area contributed by atoms with Crippen LogP contribution in [-0.4, -0.2) is 31.0 Å². The molecule has 0 aliphatic carbocycles. The van der Waals surface area contributed by atoms with E-state index in [1.165, 1.54) is 25.6 Å². The van der Waals surface area contributed by atoms with Crippen molar-refractivity contribution >= 4 is 34.0 Å². The van der Waals surface area contributed by atoms with E-state index in [9.17, 15) is 9.59 Å². The normalized spacial score (nSPS) is 10.3. The molecule has 4 rings (SSSR count). The van der Waals surface area contributed by atoms with E-state index in [0.29, 0.717) is 39.3 Å². The fraction of sp³-hybridized carbons (Fsp3) is 0.115. The van der Waals surface area contributed by atoms with Crippen LogP contribution in [0.25, 0.3) is 0 Å². The van der Waals surface area contributed by atoms with E-state index in [1.54, 1.807) is 47.8 Å². The zero-order chi connectivity index (χ0) is 24.6. The number of anilines is 2. The molecule has 0 saturated carbocycles. The molecular weight excluding hydrogens is 466 g/mol. The fourth-order valence-electron chi connectivity index (χ4n) is 3.19. The summed E-state index contributed by atoms with van der Waals surface area (Å²) in [6, 6.07) is 21.4. The molecule has 1 aromatic heterocycles. The number of benzene rings is 3. The van der Waals surface area contributed by atoms with Crippen molar-refractivity contribution in [1.82, 2.24) is 4.98 Å². The summed E-state index contributed by atoms with van der Waals surface area (Å²) in [5, 5.41) is 7.72. The van der Waals surface area contributed by atoms with Crippen molar-refractivity contribution in [3.8, 4) is 23.0 Å². The minimum Gasteiger partial charge on any atom is -0.493 e. The summed E-state index contributed by atoms with van der Waals surface area (Å²) in [7, 11) is 3.03. The predicted molar refractivity (Wildman–Crippen MR) is 135 cm³/mol. The van der Waals surface area contributed by atoms with E-state index in [2.05, 4.69) is 15.6 Å². The SMILES string of the molecule is COc1ccc(C(=O)Nc2nc(CC(=O)Nc3ccc(Oc4ccccc4)cc3)cs2)cc1OC. The molecular formula is C26H23N3O5S. The van der Waals surface area contributed by atoms with Gasteiger partial charge in [-0.2, -0.15) is 0 Å². The van der Waals surface area contributed by atoms with Crippen molar-refractivity contribution in [2.45, 2.75) is 6.42 Å². The third-order valence-corrected chi connectivity index (χ3v) is 5.68. The Hall–Kier alpha value is -4.37. The van der Waals surface area contributed by atoms with Crippen LogP contribution in [0, 0.1) is 0 Å². The zero-order valence-electron chi connectivity index (χ0n) is 19.1. The second-order valence-electron chi connectivity index (χ2n) is 7.33. The van der Waals surface area contributed by atoms with Gasteiger partial charge in [0.15, 0.2) is 16.6 Å². The Morgan fingerprint density at radius 3 is 2.29 bits per heavy atom. The highest BCUT2D eigenvalue weighted by atomic mass is 32.1. The topological polar surface area (TPSA) is 98.8 Å². The highest BCUT2D eigenvalue weighted by molar-refractivity contribution is 7.14. The van der Waals surface area contributed by atoms with Crippen LogP contribution in [0.4, 0.5) is 10.8 Å². The molecule has 0 fully saturated rings. The number of nitrogens with one attached hydrogen (secondary N) is 2. The molecule has 178 valence electrons. The van der Waals surface area contributed by atoms with Gasteiger partial charge in [0, 0.05) is 16.6 Å². The fourth-order valence-corrected chi connectivity index (χ4v) is 3.90. The summed E-state index contributed by atoms with van der Waals surface area (Å²) in [5.41, 5.74) is 1.60. The van der Waals surface area contributed by atoms with Crippen molar-refractivity contribution in [3.05, 3.63) is 89.4 Å². The largest absolute Gasteiger partial charge is 0.493 e. The predicted octanol–water partition coefficient (Wildman–Crippen LogP) is 5.39. The molecule has 2 amide bonds. The summed E-state index contributed by atoms with van der Waals surface area (Å²) < 4.78 is 16.2. The molecule has 4 aromatic rings. The summed E-state index contributed by atoms with van der Waals surface area (Å²) >= 11 is 1.25. The lowest BCUT2D eigenvalue weighted by atomic mass is 10.2. The number of amides is 2. The number of thiazole rings is 1. The molecule has 0 radical (unpaired) electrons. The summed E-state index contributed by atoms with van der Waals surface area (Å²) in [5.74, 6) is 1.84. The van der Waals surface area contributed by atoms with Crippen LogP contribution in [0.5, 0.6) is 23.0 Å². The van der Waals surface area contributed by atoms with Crippen LogP contribution >= 0.6 is 11.3 Å². The Morgan fingerprint density at radius 1 is 0.857 bits per heavy atom. The summed E-state index contributed by atoms with van der Waals surface area (Å²) in [4.78, 5) is 29.4. The van der Waals surface area contributed by atoms with Gasteiger partial charge in [-0.05, 0) is 54.6 Å². The Bertz CT molecular complexity index is 1310. The van der Waals surface area contributed by atoms with Gasteiger partial charge in [-0.1, -0.05) is 18.2 Å². The van der Waals surface area contributed by atoms with Crippen molar-refractivity contribution in [3.63, 3.8) is 0 Å². The van der Waals surface area contributed by atoms with Gasteiger partial charge < -0.3 is 19.5 Å². The Morgan fingerprint density at radius 2 is 1.57 bits per heavy atom. The summed E-state index contributed by atoms with van der Waals surface area (Å²) in [6.07, 6.45) is 0.0744. The maximum absolute atomic E-state index is 12.6. The number of carbonyl (C=O) groups excluding carboxylic acids is 2. The van der Waals surface area contributed by atoms with Gasteiger partial charge in [0.1, 0.15) is 11.5 Å². The van der Waals surface area contributed by atoms with Gasteiger partial charge in [0.2, 0.25) is 5.91 Å². The van der Waals surface area contributed by atoms with Crippen LogP contribution in [0.1, 0.15) is 16.1 Å². The molecule has 0 aliphatic rings. The van der Waals surface area contributed by atoms with E-state index in [1.807, 2.05) is 30.3 Å². The van der Waals surface area contributed by atoms with E-state index >= 15 is 0 Å². The first-order valence-corrected chi connectivity index (χ1v) is 11.5. The average molecular weight is 490 g/mol. The van der Waals surface area contributed by atoms with Crippen molar-refractivity contribution < 1.29 is 23.8 Å². The zero-order valence-corrected chi connectivity index (χ0v) is 19.9. The summed E-state index contributed by atoms with van der Waals surface area (Å²) in [6.45, 7) is 0. The quantitative estimate of drug-likeness (QED) is 0.327. The minimum absolute atomic E-state index is 0.0744. The van der Waals surface area contributed by atoms with Gasteiger partial charge in [-0.3, -0.25) is 14.9 Å². The van der Waals surface area contributed by atoms with E-state index < -0.39 is 0 Å². The Kier molecular flexibility index (Phi) is 7.59.